The van der Waals surface area contributed by atoms with Crippen LogP contribution in [0, 0.1) is 0 Å². The number of methoxy groups -OCH3 is 1. The lowest BCUT2D eigenvalue weighted by Gasteiger charge is -2.05. The normalized spacial score (nSPS) is 11.5. The van der Waals surface area contributed by atoms with E-state index in [-0.39, 0.29) is 5.91 Å². The molecule has 28 heavy (non-hydrogen) atoms. The van der Waals surface area contributed by atoms with Crippen molar-refractivity contribution >= 4 is 23.0 Å². The first-order valence-corrected chi connectivity index (χ1v) is 9.53. The summed E-state index contributed by atoms with van der Waals surface area (Å²) in [6.45, 7) is 4.86. The van der Waals surface area contributed by atoms with Crippen molar-refractivity contribution in [1.82, 2.24) is 14.9 Å². The highest BCUT2D eigenvalue weighted by atomic mass is 16.5. The number of carbonyl (C=O) groups excluding carboxylic acids is 1. The molecule has 3 rings (SSSR count). The van der Waals surface area contributed by atoms with Gasteiger partial charge in [0.05, 0.1) is 18.1 Å². The zero-order valence-corrected chi connectivity index (χ0v) is 16.9. The van der Waals surface area contributed by atoms with E-state index in [1.807, 2.05) is 48.0 Å². The molecule has 0 bridgehead atoms. The number of hydrogen-bond acceptors (Lipinski definition) is 3. The first-order chi connectivity index (χ1) is 13.5. The summed E-state index contributed by atoms with van der Waals surface area (Å²) in [5.41, 5.74) is 4.25. The first-order valence-electron chi connectivity index (χ1n) is 9.53. The molecule has 0 spiro atoms. The number of hydrogen-bond donors (Lipinski definition) is 1. The minimum Gasteiger partial charge on any atom is -0.497 e. The second-order valence-electron chi connectivity index (χ2n) is 7.14. The van der Waals surface area contributed by atoms with Crippen LogP contribution in [-0.2, 0) is 18.3 Å². The van der Waals surface area contributed by atoms with E-state index in [0.717, 1.165) is 28.2 Å². The van der Waals surface area contributed by atoms with Crippen molar-refractivity contribution in [1.29, 1.82) is 0 Å². The molecule has 1 heterocycles. The van der Waals surface area contributed by atoms with Crippen LogP contribution in [0.4, 0.5) is 0 Å². The molecule has 0 aliphatic carbocycles. The number of aromatic nitrogens is 2. The van der Waals surface area contributed by atoms with Crippen molar-refractivity contribution in [3.05, 3.63) is 65.5 Å². The van der Waals surface area contributed by atoms with Gasteiger partial charge in [-0.1, -0.05) is 38.1 Å². The van der Waals surface area contributed by atoms with Gasteiger partial charge < -0.3 is 14.6 Å². The molecule has 0 saturated carbocycles. The molecule has 2 aromatic carbocycles. The van der Waals surface area contributed by atoms with Crippen LogP contribution in [0.1, 0.15) is 36.7 Å². The Hall–Kier alpha value is -3.08. The molecule has 5 nitrogen and oxygen atoms in total. The van der Waals surface area contributed by atoms with Crippen LogP contribution < -0.4 is 10.1 Å². The lowest BCUT2D eigenvalue weighted by molar-refractivity contribution is -0.116. The number of amides is 1. The van der Waals surface area contributed by atoms with Crippen molar-refractivity contribution in [2.75, 3.05) is 13.7 Å². The maximum absolute atomic E-state index is 12.1. The molecular formula is C23H27N3O2. The Morgan fingerprint density at radius 3 is 2.64 bits per heavy atom. The number of imidazole rings is 1. The van der Waals surface area contributed by atoms with E-state index in [0.29, 0.717) is 18.9 Å². The van der Waals surface area contributed by atoms with Gasteiger partial charge in [0.1, 0.15) is 11.6 Å². The van der Waals surface area contributed by atoms with Crippen LogP contribution in [0.2, 0.25) is 0 Å². The summed E-state index contributed by atoms with van der Waals surface area (Å²) in [5, 5.41) is 2.92. The molecule has 0 aliphatic rings. The highest BCUT2D eigenvalue weighted by Crippen LogP contribution is 2.21. The quantitative estimate of drug-likeness (QED) is 0.631. The Morgan fingerprint density at radius 1 is 1.21 bits per heavy atom. The lowest BCUT2D eigenvalue weighted by Crippen LogP contribution is -2.24. The van der Waals surface area contributed by atoms with Crippen LogP contribution in [0.15, 0.2) is 48.5 Å². The third-order valence-electron chi connectivity index (χ3n) is 4.86. The number of ether oxygens (including phenoxy) is 1. The van der Waals surface area contributed by atoms with E-state index in [1.54, 1.807) is 13.2 Å². The number of benzene rings is 2. The Morgan fingerprint density at radius 2 is 1.96 bits per heavy atom. The third kappa shape index (κ3) is 4.60. The molecule has 0 aliphatic heterocycles. The first kappa shape index (κ1) is 19.7. The van der Waals surface area contributed by atoms with Crippen molar-refractivity contribution < 1.29 is 9.53 Å². The van der Waals surface area contributed by atoms with Crippen molar-refractivity contribution in [3.8, 4) is 5.75 Å². The van der Waals surface area contributed by atoms with E-state index in [4.69, 9.17) is 4.74 Å². The predicted octanol–water partition coefficient (Wildman–Crippen LogP) is 4.08. The average molecular weight is 377 g/mol. The molecule has 5 heteroatoms. The smallest absolute Gasteiger partial charge is 0.244 e. The third-order valence-corrected chi connectivity index (χ3v) is 4.86. The second-order valence-corrected chi connectivity index (χ2v) is 7.14. The fourth-order valence-corrected chi connectivity index (χ4v) is 3.10. The number of rotatable bonds is 7. The van der Waals surface area contributed by atoms with Gasteiger partial charge in [0.25, 0.3) is 0 Å². The monoisotopic (exact) mass is 377 g/mol. The summed E-state index contributed by atoms with van der Waals surface area (Å²) in [6, 6.07) is 14.1. The van der Waals surface area contributed by atoms with Gasteiger partial charge in [0, 0.05) is 32.2 Å². The number of fused-ring (bicyclic) bond motifs is 1. The molecule has 0 radical (unpaired) electrons. The second kappa shape index (κ2) is 8.74. The minimum absolute atomic E-state index is 0.103. The predicted molar refractivity (Wildman–Crippen MR) is 114 cm³/mol. The van der Waals surface area contributed by atoms with Gasteiger partial charge in [-0.25, -0.2) is 4.98 Å². The Labute approximate surface area is 166 Å². The lowest BCUT2D eigenvalue weighted by atomic mass is 10.0. The summed E-state index contributed by atoms with van der Waals surface area (Å²) in [7, 11) is 3.63. The molecule has 0 atom stereocenters. The van der Waals surface area contributed by atoms with Crippen LogP contribution >= 0.6 is 0 Å². The number of nitrogens with one attached hydrogen (secondary N) is 1. The molecular weight excluding hydrogens is 350 g/mol. The Balaban J connectivity index is 1.55. The maximum Gasteiger partial charge on any atom is 0.244 e. The highest BCUT2D eigenvalue weighted by molar-refractivity contribution is 5.91. The zero-order valence-electron chi connectivity index (χ0n) is 16.9. The van der Waals surface area contributed by atoms with Gasteiger partial charge in [-0.2, -0.15) is 0 Å². The van der Waals surface area contributed by atoms with E-state index < -0.39 is 0 Å². The summed E-state index contributed by atoms with van der Waals surface area (Å²) < 4.78 is 7.30. The highest BCUT2D eigenvalue weighted by Gasteiger charge is 2.09. The van der Waals surface area contributed by atoms with Gasteiger partial charge in [-0.3, -0.25) is 4.79 Å². The Kier molecular flexibility index (Phi) is 6.14. The fraction of sp³-hybridized carbons (Fsp3) is 0.304. The maximum atomic E-state index is 12.1. The molecule has 1 amide bonds. The molecule has 0 fully saturated rings. The minimum atomic E-state index is -0.103. The van der Waals surface area contributed by atoms with Crippen LogP contribution in [0.25, 0.3) is 17.1 Å². The van der Waals surface area contributed by atoms with Crippen LogP contribution in [-0.4, -0.2) is 29.1 Å². The average Bonchev–Trinajstić information content (AvgIpc) is 3.01. The number of carbonyl (C=O) groups is 1. The molecule has 0 saturated heterocycles. The Bertz CT molecular complexity index is 985. The molecule has 1 aromatic heterocycles. The van der Waals surface area contributed by atoms with Gasteiger partial charge in [-0.05, 0) is 35.3 Å². The largest absolute Gasteiger partial charge is 0.497 e. The fourth-order valence-electron chi connectivity index (χ4n) is 3.10. The van der Waals surface area contributed by atoms with Crippen molar-refractivity contribution in [3.63, 3.8) is 0 Å². The number of aryl methyl sites for hydroxylation is 1. The van der Waals surface area contributed by atoms with Crippen molar-refractivity contribution in [2.24, 2.45) is 7.05 Å². The van der Waals surface area contributed by atoms with Crippen LogP contribution in [0.5, 0.6) is 5.75 Å². The summed E-state index contributed by atoms with van der Waals surface area (Å²) in [5.74, 6) is 2.12. The molecule has 1 N–H and O–H groups in total. The number of nitrogens with zero attached hydrogens (tertiary/aromatic N) is 2. The van der Waals surface area contributed by atoms with E-state index >= 15 is 0 Å². The van der Waals surface area contributed by atoms with E-state index in [2.05, 4.69) is 36.3 Å². The van der Waals surface area contributed by atoms with Gasteiger partial charge in [0.15, 0.2) is 0 Å². The molecule has 3 aromatic rings. The summed E-state index contributed by atoms with van der Waals surface area (Å²) in [4.78, 5) is 16.7. The van der Waals surface area contributed by atoms with Gasteiger partial charge >= 0.3 is 0 Å². The van der Waals surface area contributed by atoms with Gasteiger partial charge in [-0.15, -0.1) is 0 Å². The molecule has 146 valence electrons. The van der Waals surface area contributed by atoms with Gasteiger partial charge in [0.2, 0.25) is 5.91 Å². The van der Waals surface area contributed by atoms with Crippen molar-refractivity contribution in [2.45, 2.75) is 26.2 Å². The summed E-state index contributed by atoms with van der Waals surface area (Å²) in [6.07, 6.45) is 4.07. The standard InChI is InChI=1S/C23H27N3O2/c1-16(2)18-8-5-17(6-9-18)7-12-23(27)24-14-13-22-25-20-15-19(28-4)10-11-21(20)26(22)3/h5-12,15-16H,13-14H2,1-4H3,(H,24,27)/b12-7+. The zero-order chi connectivity index (χ0) is 20.1. The van der Waals surface area contributed by atoms with E-state index in [1.165, 1.54) is 5.56 Å². The topological polar surface area (TPSA) is 56.1 Å². The summed E-state index contributed by atoms with van der Waals surface area (Å²) >= 11 is 0. The molecule has 0 unspecified atom stereocenters. The van der Waals surface area contributed by atoms with Crippen LogP contribution in [0.3, 0.4) is 0 Å². The SMILES string of the molecule is COc1ccc2c(c1)nc(CCNC(=O)/C=C/c1ccc(C(C)C)cc1)n2C. The van der Waals surface area contributed by atoms with E-state index in [9.17, 15) is 4.79 Å².